The molecule has 1 atom stereocenters. The summed E-state index contributed by atoms with van der Waals surface area (Å²) in [5, 5.41) is 23.4. The molecule has 0 spiro atoms. The zero-order valence-electron chi connectivity index (χ0n) is 31.0. The van der Waals surface area contributed by atoms with Gasteiger partial charge in [0.1, 0.15) is 23.0 Å². The molecule has 0 aliphatic heterocycles. The van der Waals surface area contributed by atoms with Crippen LogP contribution in [-0.4, -0.2) is 61.5 Å². The second-order valence-electron chi connectivity index (χ2n) is 11.2. The number of ketones is 1. The van der Waals surface area contributed by atoms with E-state index < -0.39 is 0 Å². The number of benzene rings is 1. The highest BCUT2D eigenvalue weighted by atomic mass is 16.5. The number of aromatic nitrogens is 2. The van der Waals surface area contributed by atoms with Crippen molar-refractivity contribution < 1.29 is 28.9 Å². The van der Waals surface area contributed by atoms with Crippen molar-refractivity contribution in [2.24, 2.45) is 5.73 Å². The number of methoxy groups -OCH3 is 3. The first-order valence-corrected chi connectivity index (χ1v) is 17.4. The molecule has 270 valence electrons. The Morgan fingerprint density at radius 2 is 1.55 bits per heavy atom. The third-order valence-electron chi connectivity index (χ3n) is 7.01. The molecule has 0 aliphatic rings. The number of nitrogens with two attached hydrogens (primary N) is 1. The number of carbonyl (C=O) groups is 2. The Bertz CT molecular complexity index is 1060. The summed E-state index contributed by atoms with van der Waals surface area (Å²) in [4.78, 5) is 19.2. The number of hydrogen-bond donors (Lipinski definition) is 3. The van der Waals surface area contributed by atoms with Gasteiger partial charge in [-0.25, -0.2) is 0 Å². The quantitative estimate of drug-likeness (QED) is 0.0939. The molecule has 0 aliphatic carbocycles. The van der Waals surface area contributed by atoms with Crippen molar-refractivity contribution in [3.63, 3.8) is 0 Å². The van der Waals surface area contributed by atoms with E-state index in [1.54, 1.807) is 27.4 Å². The number of nitrogens with zero attached hydrogens (tertiary/aromatic N) is 2. The van der Waals surface area contributed by atoms with Crippen molar-refractivity contribution in [3.05, 3.63) is 29.3 Å². The lowest BCUT2D eigenvalue weighted by Gasteiger charge is -2.22. The topological polar surface area (TPSA) is 146 Å². The largest absolute Gasteiger partial charge is 0.507 e. The van der Waals surface area contributed by atoms with Gasteiger partial charge in [0.05, 0.1) is 13.7 Å². The van der Waals surface area contributed by atoms with Gasteiger partial charge in [-0.2, -0.15) is 0 Å². The molecule has 2 aromatic rings. The first kappa shape index (κ1) is 45.9. The number of aromatic hydroxyl groups is 1. The lowest BCUT2D eigenvalue weighted by molar-refractivity contribution is -0.119. The van der Waals surface area contributed by atoms with Gasteiger partial charge in [0, 0.05) is 56.9 Å². The number of hydrogen-bond acceptors (Lipinski definition) is 9. The minimum atomic E-state index is 0.114. The monoisotopic (exact) mass is 662 g/mol. The number of amides is 1. The molecule has 0 radical (unpaired) electrons. The van der Waals surface area contributed by atoms with E-state index >= 15 is 0 Å². The number of phenols is 1. The van der Waals surface area contributed by atoms with Crippen molar-refractivity contribution in [2.75, 3.05) is 33.3 Å². The molecular weight excluding hydrogens is 596 g/mol. The Morgan fingerprint density at radius 3 is 2.04 bits per heavy atom. The van der Waals surface area contributed by atoms with Crippen LogP contribution < -0.4 is 15.8 Å². The maximum Gasteiger partial charge on any atom is 0.204 e. The zero-order valence-corrected chi connectivity index (χ0v) is 31.0. The highest BCUT2D eigenvalue weighted by Gasteiger charge is 2.21. The molecule has 0 saturated heterocycles. The summed E-state index contributed by atoms with van der Waals surface area (Å²) < 4.78 is 16.1. The van der Waals surface area contributed by atoms with E-state index in [0.717, 1.165) is 68.3 Å². The number of ether oxygens (including phenoxy) is 3. The van der Waals surface area contributed by atoms with E-state index in [2.05, 4.69) is 48.9 Å². The van der Waals surface area contributed by atoms with E-state index in [1.807, 2.05) is 26.0 Å². The van der Waals surface area contributed by atoms with Gasteiger partial charge < -0.3 is 30.4 Å². The Morgan fingerprint density at radius 1 is 0.915 bits per heavy atom. The number of rotatable bonds is 20. The number of carbonyl (C=O) groups excluding carboxylic acids is 2. The average molecular weight is 663 g/mol. The zero-order chi connectivity index (χ0) is 35.9. The fraction of sp³-hybridized carbons (Fsp3) is 0.676. The first-order valence-electron chi connectivity index (χ1n) is 17.4. The van der Waals surface area contributed by atoms with Crippen molar-refractivity contribution in [1.29, 1.82) is 0 Å². The van der Waals surface area contributed by atoms with Gasteiger partial charge in [-0.05, 0) is 56.2 Å². The molecule has 4 N–H and O–H groups in total. The standard InChI is InChI=1S/C26H41N3O4.C7H14O.C3H8.CH3NO/c1-6-8-9-10-12-19(7-2)27-26-23(18-32-4)21(13-11-16-31-3)25(28-29-26)22-15-14-20(33-5)17-24(22)30;1-3-5-7(8)6-4-2;1-3-2;2-1-3/h14-15,17,19,30H,6-13,16,18H2,1-5H3,(H,27,29);3-6H2,1-2H3;3H2,1-2H3;1H,(H2,2,3)/t19-;;;/m0.../s1. The van der Waals surface area contributed by atoms with Crippen molar-refractivity contribution in [2.45, 2.75) is 138 Å². The van der Waals surface area contributed by atoms with Crippen LogP contribution in [0, 0.1) is 0 Å². The summed E-state index contributed by atoms with van der Waals surface area (Å²) in [6, 6.07) is 5.58. The number of nitrogens with one attached hydrogen (secondary N) is 1. The molecule has 0 fully saturated rings. The summed E-state index contributed by atoms with van der Waals surface area (Å²) in [6.07, 6.45) is 13.7. The third-order valence-corrected chi connectivity index (χ3v) is 7.01. The van der Waals surface area contributed by atoms with Crippen molar-refractivity contribution in [1.82, 2.24) is 10.2 Å². The van der Waals surface area contributed by atoms with Crippen LogP contribution in [0.5, 0.6) is 11.5 Å². The minimum Gasteiger partial charge on any atom is -0.507 e. The molecule has 0 bridgehead atoms. The third kappa shape index (κ3) is 20.6. The Labute approximate surface area is 285 Å². The molecule has 1 amide bonds. The normalized spacial score (nSPS) is 10.7. The fourth-order valence-corrected chi connectivity index (χ4v) is 4.71. The molecule has 1 heterocycles. The molecule has 10 heteroatoms. The van der Waals surface area contributed by atoms with E-state index in [1.165, 1.54) is 32.1 Å². The molecule has 0 unspecified atom stereocenters. The smallest absolute Gasteiger partial charge is 0.204 e. The Balaban J connectivity index is 0. The van der Waals surface area contributed by atoms with Crippen molar-refractivity contribution >= 4 is 18.0 Å². The highest BCUT2D eigenvalue weighted by Crippen LogP contribution is 2.36. The Kier molecular flexibility index (Phi) is 30.6. The lowest BCUT2D eigenvalue weighted by atomic mass is 9.96. The van der Waals surface area contributed by atoms with Crippen LogP contribution in [0.4, 0.5) is 5.82 Å². The molecule has 10 nitrogen and oxygen atoms in total. The second-order valence-corrected chi connectivity index (χ2v) is 11.2. The van der Waals surface area contributed by atoms with Gasteiger partial charge in [0.2, 0.25) is 6.41 Å². The number of phenolic OH excluding ortho intramolecular Hbond substituents is 1. The molecule has 0 saturated carbocycles. The number of unbranched alkanes of at least 4 members (excludes halogenated alkanes) is 3. The first-order chi connectivity index (χ1) is 22.7. The molecular formula is C37H66N4O6. The summed E-state index contributed by atoms with van der Waals surface area (Å²) in [7, 11) is 4.97. The average Bonchev–Trinajstić information content (AvgIpc) is 3.05. The van der Waals surface area contributed by atoms with Crippen molar-refractivity contribution in [3.8, 4) is 22.8 Å². The molecule has 1 aromatic heterocycles. The van der Waals surface area contributed by atoms with Crippen LogP contribution >= 0.6 is 0 Å². The predicted molar refractivity (Wildman–Crippen MR) is 194 cm³/mol. The number of anilines is 1. The van der Waals surface area contributed by atoms with Crippen LogP contribution in [-0.2, 0) is 32.1 Å². The van der Waals surface area contributed by atoms with Crippen LogP contribution in [0.3, 0.4) is 0 Å². The fourth-order valence-electron chi connectivity index (χ4n) is 4.71. The maximum absolute atomic E-state index is 10.7. The lowest BCUT2D eigenvalue weighted by Crippen LogP contribution is -2.22. The molecule has 47 heavy (non-hydrogen) atoms. The molecule has 1 aromatic carbocycles. The SMILES string of the molecule is CCC.CCCC(=O)CCC.CCCCCC[C@H](CC)Nc1nnc(-c2ccc(OC)cc2O)c(CCCOC)c1COC.NC=O. The van der Waals surface area contributed by atoms with Crippen LogP contribution in [0.15, 0.2) is 18.2 Å². The van der Waals surface area contributed by atoms with Gasteiger partial charge in [-0.15, -0.1) is 10.2 Å². The van der Waals surface area contributed by atoms with Gasteiger partial charge in [0.25, 0.3) is 0 Å². The van der Waals surface area contributed by atoms with Crippen LogP contribution in [0.2, 0.25) is 0 Å². The van der Waals surface area contributed by atoms with Gasteiger partial charge in [-0.3, -0.25) is 9.59 Å². The summed E-state index contributed by atoms with van der Waals surface area (Å²) in [6.45, 7) is 13.8. The van der Waals surface area contributed by atoms with Gasteiger partial charge in [0.15, 0.2) is 5.82 Å². The van der Waals surface area contributed by atoms with E-state index in [0.29, 0.717) is 42.0 Å². The van der Waals surface area contributed by atoms with E-state index in [9.17, 15) is 9.90 Å². The summed E-state index contributed by atoms with van der Waals surface area (Å²) in [5.74, 6) is 1.89. The Hall–Kier alpha value is -3.24. The van der Waals surface area contributed by atoms with E-state index in [-0.39, 0.29) is 12.2 Å². The van der Waals surface area contributed by atoms with Gasteiger partial charge in [-0.1, -0.05) is 73.6 Å². The van der Waals surface area contributed by atoms with Crippen LogP contribution in [0.1, 0.15) is 130 Å². The minimum absolute atomic E-state index is 0.114. The summed E-state index contributed by atoms with van der Waals surface area (Å²) >= 11 is 0. The maximum atomic E-state index is 10.7. The van der Waals surface area contributed by atoms with Crippen LogP contribution in [0.25, 0.3) is 11.3 Å². The van der Waals surface area contributed by atoms with Gasteiger partial charge >= 0.3 is 0 Å². The summed E-state index contributed by atoms with van der Waals surface area (Å²) in [5.41, 5.74) is 7.47. The highest BCUT2D eigenvalue weighted by molar-refractivity contribution is 5.78. The second kappa shape index (κ2) is 31.4. The predicted octanol–water partition coefficient (Wildman–Crippen LogP) is 8.42. The number of Topliss-reactive ketones (excluding diaryl/α,β-unsaturated/α-hetero) is 1. The molecule has 2 rings (SSSR count). The van der Waals surface area contributed by atoms with E-state index in [4.69, 9.17) is 19.0 Å². The number of primary amides is 1.